The van der Waals surface area contributed by atoms with Gasteiger partial charge in [-0.05, 0) is 4.92 Å². The Kier molecular flexibility index (Phi) is 1.03. The van der Waals surface area contributed by atoms with Crippen molar-refractivity contribution >= 4 is 5.95 Å². The number of aromatic amines is 1. The SMILES string of the molecule is O=[N+]([O-])c1nc([O-])n[nH]1. The Hall–Kier alpha value is -1.66. The van der Waals surface area contributed by atoms with Crippen LogP contribution in [0.3, 0.4) is 0 Å². The number of H-pyrrole nitrogens is 1. The Morgan fingerprint density at radius 2 is 2.33 bits per heavy atom. The predicted molar refractivity (Wildman–Crippen MR) is 22.5 cm³/mol. The van der Waals surface area contributed by atoms with Gasteiger partial charge in [-0.2, -0.15) is 0 Å². The molecule has 0 radical (unpaired) electrons. The Morgan fingerprint density at radius 3 is 2.56 bits per heavy atom. The fourth-order valence-electron chi connectivity index (χ4n) is 0.320. The third-order valence-corrected chi connectivity index (χ3v) is 0.626. The van der Waals surface area contributed by atoms with E-state index in [1.54, 1.807) is 0 Å². The Morgan fingerprint density at radius 1 is 1.67 bits per heavy atom. The molecule has 1 heterocycles. The summed E-state index contributed by atoms with van der Waals surface area (Å²) in [5.41, 5.74) is 0. The molecule has 0 aromatic carbocycles. The largest absolute Gasteiger partial charge is 0.829 e. The average Bonchev–Trinajstić information content (AvgIpc) is 2.14. The molecule has 0 saturated heterocycles. The van der Waals surface area contributed by atoms with Gasteiger partial charge in [-0.3, -0.25) is 0 Å². The van der Waals surface area contributed by atoms with Crippen molar-refractivity contribution < 1.29 is 10.0 Å². The molecule has 0 unspecified atom stereocenters. The standard InChI is InChI=1S/C2H2N4O3/c7-2-3-1(4-5-2)6(8)9/h(H2,3,4,5,7)/p-1. The normalized spacial score (nSPS) is 9.33. The van der Waals surface area contributed by atoms with Crippen LogP contribution >= 0.6 is 0 Å². The van der Waals surface area contributed by atoms with Crippen molar-refractivity contribution in [3.8, 4) is 6.01 Å². The van der Waals surface area contributed by atoms with Gasteiger partial charge in [0.1, 0.15) is 0 Å². The third kappa shape index (κ3) is 0.929. The number of nitrogens with one attached hydrogen (secondary N) is 1. The Bertz CT molecular complexity index is 229. The molecule has 9 heavy (non-hydrogen) atoms. The van der Waals surface area contributed by atoms with Gasteiger partial charge in [0, 0.05) is 0 Å². The topological polar surface area (TPSA) is 108 Å². The van der Waals surface area contributed by atoms with Crippen LogP contribution in [0.15, 0.2) is 0 Å². The first-order valence-corrected chi connectivity index (χ1v) is 1.94. The van der Waals surface area contributed by atoms with E-state index < -0.39 is 16.9 Å². The molecule has 1 aromatic heterocycles. The second-order valence-corrected chi connectivity index (χ2v) is 1.20. The lowest BCUT2D eigenvalue weighted by Crippen LogP contribution is -1.92. The number of aromatic nitrogens is 3. The van der Waals surface area contributed by atoms with E-state index in [2.05, 4.69) is 10.1 Å². The minimum absolute atomic E-state index is 0.625. The van der Waals surface area contributed by atoms with Gasteiger partial charge < -0.3 is 15.2 Å². The quantitative estimate of drug-likeness (QED) is 0.378. The molecule has 1 rings (SSSR count). The van der Waals surface area contributed by atoms with Crippen LogP contribution in [0.4, 0.5) is 5.95 Å². The number of nitro groups is 1. The summed E-state index contributed by atoms with van der Waals surface area (Å²) < 4.78 is 0. The van der Waals surface area contributed by atoms with Crippen molar-refractivity contribution in [2.75, 3.05) is 0 Å². The zero-order chi connectivity index (χ0) is 6.85. The van der Waals surface area contributed by atoms with Crippen molar-refractivity contribution in [1.82, 2.24) is 15.2 Å². The van der Waals surface area contributed by atoms with Crippen LogP contribution in [0, 0.1) is 10.1 Å². The second-order valence-electron chi connectivity index (χ2n) is 1.20. The molecule has 1 N–H and O–H groups in total. The summed E-state index contributed by atoms with van der Waals surface area (Å²) in [5, 5.41) is 24.5. The highest BCUT2D eigenvalue weighted by Crippen LogP contribution is 2.01. The molecule has 7 nitrogen and oxygen atoms in total. The van der Waals surface area contributed by atoms with E-state index in [4.69, 9.17) is 0 Å². The van der Waals surface area contributed by atoms with Crippen LogP contribution in [0.25, 0.3) is 0 Å². The number of hydrogen-bond acceptors (Lipinski definition) is 5. The maximum Gasteiger partial charge on any atom is 0.452 e. The van der Waals surface area contributed by atoms with Crippen LogP contribution in [-0.4, -0.2) is 20.1 Å². The first-order chi connectivity index (χ1) is 4.20. The summed E-state index contributed by atoms with van der Waals surface area (Å²) in [5.74, 6) is -0.625. The second kappa shape index (κ2) is 1.69. The molecule has 0 spiro atoms. The van der Waals surface area contributed by atoms with E-state index in [9.17, 15) is 15.2 Å². The molecule has 0 atom stereocenters. The highest BCUT2D eigenvalue weighted by Gasteiger charge is 2.05. The Balaban J connectivity index is 2.98. The average molecular weight is 129 g/mol. The molecule has 0 aliphatic heterocycles. The first-order valence-electron chi connectivity index (χ1n) is 1.94. The highest BCUT2D eigenvalue weighted by molar-refractivity contribution is 5.03. The molecule has 0 aliphatic carbocycles. The van der Waals surface area contributed by atoms with Crippen LogP contribution in [0.2, 0.25) is 0 Å². The molecule has 1 aromatic rings. The van der Waals surface area contributed by atoms with Crippen molar-refractivity contribution in [3.05, 3.63) is 10.1 Å². The molecule has 0 bridgehead atoms. The number of hydrogen-bond donors (Lipinski definition) is 1. The monoisotopic (exact) mass is 129 g/mol. The van der Waals surface area contributed by atoms with Crippen LogP contribution < -0.4 is 5.11 Å². The molecule has 48 valence electrons. The van der Waals surface area contributed by atoms with Gasteiger partial charge in [-0.1, -0.05) is 10.1 Å². The number of rotatable bonds is 1. The predicted octanol–water partition coefficient (Wildman–Crippen LogP) is -1.21. The van der Waals surface area contributed by atoms with E-state index in [0.29, 0.717) is 0 Å². The van der Waals surface area contributed by atoms with E-state index in [-0.39, 0.29) is 0 Å². The van der Waals surface area contributed by atoms with Gasteiger partial charge in [0.15, 0.2) is 0 Å². The fourth-order valence-corrected chi connectivity index (χ4v) is 0.320. The van der Waals surface area contributed by atoms with Crippen LogP contribution in [0.5, 0.6) is 6.01 Å². The first kappa shape index (κ1) is 5.48. The lowest BCUT2D eigenvalue weighted by Gasteiger charge is -1.84. The van der Waals surface area contributed by atoms with E-state index in [1.807, 2.05) is 5.10 Å². The zero-order valence-corrected chi connectivity index (χ0v) is 4.07. The third-order valence-electron chi connectivity index (χ3n) is 0.626. The fraction of sp³-hybridized carbons (Fsp3) is 0. The molecule has 0 aliphatic rings. The molecule has 0 amide bonds. The summed E-state index contributed by atoms with van der Waals surface area (Å²) in [7, 11) is 0. The van der Waals surface area contributed by atoms with E-state index in [1.165, 1.54) is 0 Å². The van der Waals surface area contributed by atoms with Crippen molar-refractivity contribution in [1.29, 1.82) is 0 Å². The molecule has 0 fully saturated rings. The summed E-state index contributed by atoms with van der Waals surface area (Å²) in [6.45, 7) is 0. The minimum atomic E-state index is -0.873. The van der Waals surface area contributed by atoms with Gasteiger partial charge in [0.2, 0.25) is 6.01 Å². The van der Waals surface area contributed by atoms with E-state index in [0.717, 1.165) is 0 Å². The van der Waals surface area contributed by atoms with Crippen molar-refractivity contribution in [2.45, 2.75) is 0 Å². The van der Waals surface area contributed by atoms with Crippen molar-refractivity contribution in [2.24, 2.45) is 0 Å². The van der Waals surface area contributed by atoms with Gasteiger partial charge in [0.25, 0.3) is 0 Å². The molecule has 7 heteroatoms. The maximum atomic E-state index is 10.0. The number of nitrogens with zero attached hydrogens (tertiary/aromatic N) is 3. The van der Waals surface area contributed by atoms with E-state index >= 15 is 0 Å². The van der Waals surface area contributed by atoms with Gasteiger partial charge in [0.05, 0.1) is 0 Å². The molecule has 0 saturated carbocycles. The van der Waals surface area contributed by atoms with Gasteiger partial charge in [-0.25, -0.2) is 0 Å². The molecular weight excluding hydrogens is 128 g/mol. The van der Waals surface area contributed by atoms with Crippen molar-refractivity contribution in [3.63, 3.8) is 0 Å². The summed E-state index contributed by atoms with van der Waals surface area (Å²) in [6.07, 6.45) is 0. The van der Waals surface area contributed by atoms with Crippen LogP contribution in [0.1, 0.15) is 0 Å². The van der Waals surface area contributed by atoms with Crippen LogP contribution in [-0.2, 0) is 0 Å². The lowest BCUT2D eigenvalue weighted by molar-refractivity contribution is -0.394. The Labute approximate surface area is 48.5 Å². The van der Waals surface area contributed by atoms with Gasteiger partial charge in [-0.15, -0.1) is 5.10 Å². The highest BCUT2D eigenvalue weighted by atomic mass is 16.6. The smallest absolute Gasteiger partial charge is 0.452 e. The summed E-state index contributed by atoms with van der Waals surface area (Å²) in [4.78, 5) is 11.8. The summed E-state index contributed by atoms with van der Waals surface area (Å²) in [6, 6.07) is -0.873. The molecular formula is C2HN4O3-. The van der Waals surface area contributed by atoms with Gasteiger partial charge >= 0.3 is 5.95 Å². The minimum Gasteiger partial charge on any atom is -0.829 e. The zero-order valence-electron chi connectivity index (χ0n) is 4.07. The lowest BCUT2D eigenvalue weighted by atomic mass is 11.1. The maximum absolute atomic E-state index is 10.0. The summed E-state index contributed by atoms with van der Waals surface area (Å²) >= 11 is 0.